The molecule has 3 aromatic rings. The average Bonchev–Trinajstić information content (AvgIpc) is 3.26. The largest absolute Gasteiger partial charge is 0.370 e. The minimum absolute atomic E-state index is 0.0324. The molecule has 2 aromatic heterocycles. The third kappa shape index (κ3) is 6.60. The molecule has 1 fully saturated rings. The number of halogens is 2. The smallest absolute Gasteiger partial charge is 0.256 e. The predicted molar refractivity (Wildman–Crippen MR) is 123 cm³/mol. The number of benzene rings is 1. The summed E-state index contributed by atoms with van der Waals surface area (Å²) in [6, 6.07) is 7.28. The number of carbonyl (C=O) groups excluding carboxylic acids is 2. The molecule has 33 heavy (non-hydrogen) atoms. The molecular weight excluding hydrogens is 426 g/mol. The van der Waals surface area contributed by atoms with Crippen molar-refractivity contribution in [1.82, 2.24) is 14.3 Å². The van der Waals surface area contributed by atoms with Crippen LogP contribution in [0.15, 0.2) is 49.1 Å². The first kappa shape index (κ1) is 24.4. The third-order valence-electron chi connectivity index (χ3n) is 5.79. The van der Waals surface area contributed by atoms with Gasteiger partial charge >= 0.3 is 0 Å². The van der Waals surface area contributed by atoms with Crippen molar-refractivity contribution in [2.24, 2.45) is 11.7 Å². The summed E-state index contributed by atoms with van der Waals surface area (Å²) in [6.45, 7) is 5.28. The zero-order chi connectivity index (χ0) is 24.0. The second-order valence-corrected chi connectivity index (χ2v) is 8.78. The van der Waals surface area contributed by atoms with Crippen molar-refractivity contribution in [3.63, 3.8) is 0 Å². The lowest BCUT2D eigenvalue weighted by molar-refractivity contribution is -0.118. The van der Waals surface area contributed by atoms with Crippen LogP contribution in [0.2, 0.25) is 0 Å². The maximum atomic E-state index is 13.4. The molecule has 1 aliphatic heterocycles. The predicted octanol–water partition coefficient (Wildman–Crippen LogP) is 4.54. The number of pyridine rings is 1. The van der Waals surface area contributed by atoms with Gasteiger partial charge in [0, 0.05) is 31.8 Å². The number of aromatic nitrogens is 2. The zero-order valence-electron chi connectivity index (χ0n) is 19.0. The molecule has 4 rings (SSSR count). The standard InChI is InChI=1S/C19H17F2N3O.C6H13NO/c20-15-8-14(9-16(21)10-15)13-3-6-23(7-4-13)19(25)17-2-1-5-24-12-22-11-18(17)24;1-5(2)3-4-6(7)8/h1-2,5,8-13H,3-4,6-7H2;5H,3-4H2,1-2H3,(H2,7,8). The number of nitrogens with zero attached hydrogens (tertiary/aromatic N) is 3. The van der Waals surface area contributed by atoms with Gasteiger partial charge in [0.2, 0.25) is 5.91 Å². The lowest BCUT2D eigenvalue weighted by Crippen LogP contribution is -2.38. The van der Waals surface area contributed by atoms with Gasteiger partial charge in [0.25, 0.3) is 5.91 Å². The Balaban J connectivity index is 0.000000331. The molecule has 0 bridgehead atoms. The summed E-state index contributed by atoms with van der Waals surface area (Å²) in [5.41, 5.74) is 6.97. The van der Waals surface area contributed by atoms with E-state index in [1.807, 2.05) is 16.7 Å². The highest BCUT2D eigenvalue weighted by atomic mass is 19.1. The van der Waals surface area contributed by atoms with Gasteiger partial charge in [-0.1, -0.05) is 13.8 Å². The van der Waals surface area contributed by atoms with Gasteiger partial charge in [-0.05, 0) is 60.9 Å². The van der Waals surface area contributed by atoms with Gasteiger partial charge in [-0.2, -0.15) is 0 Å². The molecule has 2 N–H and O–H groups in total. The van der Waals surface area contributed by atoms with Crippen LogP contribution in [0.3, 0.4) is 0 Å². The van der Waals surface area contributed by atoms with Crippen LogP contribution < -0.4 is 5.73 Å². The molecule has 0 aliphatic carbocycles. The van der Waals surface area contributed by atoms with Crippen molar-refractivity contribution in [3.05, 3.63) is 71.8 Å². The molecule has 0 saturated carbocycles. The molecule has 3 heterocycles. The van der Waals surface area contributed by atoms with E-state index in [-0.39, 0.29) is 17.7 Å². The number of carbonyl (C=O) groups is 2. The number of amides is 2. The number of fused-ring (bicyclic) bond motifs is 1. The fraction of sp³-hybridized carbons (Fsp3) is 0.400. The lowest BCUT2D eigenvalue weighted by Gasteiger charge is -2.32. The minimum atomic E-state index is -0.555. The van der Waals surface area contributed by atoms with E-state index in [9.17, 15) is 18.4 Å². The molecule has 1 aliphatic rings. The highest BCUT2D eigenvalue weighted by Crippen LogP contribution is 2.30. The van der Waals surface area contributed by atoms with E-state index in [0.717, 1.165) is 18.0 Å². The fourth-order valence-corrected chi connectivity index (χ4v) is 3.96. The SMILES string of the molecule is CC(C)CCC(N)=O.O=C(c1cccn2cncc12)N1CCC(c2cc(F)cc(F)c2)CC1. The number of rotatable bonds is 5. The molecule has 1 aromatic carbocycles. The Labute approximate surface area is 192 Å². The molecular formula is C25H30F2N4O2. The normalized spacial score (nSPS) is 14.3. The number of nitrogens with two attached hydrogens (primary N) is 1. The van der Waals surface area contributed by atoms with Crippen LogP contribution in [-0.4, -0.2) is 39.2 Å². The number of piperidine rings is 1. The minimum Gasteiger partial charge on any atom is -0.370 e. The van der Waals surface area contributed by atoms with Gasteiger partial charge in [0.15, 0.2) is 0 Å². The van der Waals surface area contributed by atoms with Gasteiger partial charge < -0.3 is 15.0 Å². The summed E-state index contributed by atoms with van der Waals surface area (Å²) in [4.78, 5) is 28.8. The summed E-state index contributed by atoms with van der Waals surface area (Å²) in [6.07, 6.45) is 8.01. The van der Waals surface area contributed by atoms with Crippen LogP contribution in [0.4, 0.5) is 8.78 Å². The summed E-state index contributed by atoms with van der Waals surface area (Å²) in [5, 5.41) is 0. The van der Waals surface area contributed by atoms with Crippen molar-refractivity contribution in [2.75, 3.05) is 13.1 Å². The van der Waals surface area contributed by atoms with E-state index in [0.29, 0.717) is 49.4 Å². The van der Waals surface area contributed by atoms with Crippen LogP contribution in [0.5, 0.6) is 0 Å². The van der Waals surface area contributed by atoms with E-state index >= 15 is 0 Å². The molecule has 2 amide bonds. The van der Waals surface area contributed by atoms with E-state index in [2.05, 4.69) is 18.8 Å². The summed E-state index contributed by atoms with van der Waals surface area (Å²) < 4.78 is 28.6. The second-order valence-electron chi connectivity index (χ2n) is 8.78. The van der Waals surface area contributed by atoms with Crippen LogP contribution >= 0.6 is 0 Å². The second kappa shape index (κ2) is 11.0. The number of primary amides is 1. The Morgan fingerprint density at radius 1 is 1.15 bits per heavy atom. The quantitative estimate of drug-likeness (QED) is 0.612. The van der Waals surface area contributed by atoms with Gasteiger partial charge in [0.05, 0.1) is 23.6 Å². The van der Waals surface area contributed by atoms with Crippen LogP contribution in [0.1, 0.15) is 61.4 Å². The van der Waals surface area contributed by atoms with Crippen molar-refractivity contribution in [2.45, 2.75) is 45.4 Å². The van der Waals surface area contributed by atoms with Gasteiger partial charge in [-0.15, -0.1) is 0 Å². The molecule has 8 heteroatoms. The average molecular weight is 457 g/mol. The molecule has 1 saturated heterocycles. The first-order chi connectivity index (χ1) is 15.7. The van der Waals surface area contributed by atoms with E-state index in [4.69, 9.17) is 5.73 Å². The van der Waals surface area contributed by atoms with Crippen molar-refractivity contribution >= 4 is 17.3 Å². The molecule has 0 unspecified atom stereocenters. The van der Waals surface area contributed by atoms with Gasteiger partial charge in [-0.25, -0.2) is 13.8 Å². The zero-order valence-corrected chi connectivity index (χ0v) is 19.0. The number of hydrogen-bond donors (Lipinski definition) is 1. The Hall–Kier alpha value is -3.29. The van der Waals surface area contributed by atoms with Crippen LogP contribution in [0, 0.1) is 17.6 Å². The maximum Gasteiger partial charge on any atom is 0.256 e. The summed E-state index contributed by atoms with van der Waals surface area (Å²) in [7, 11) is 0. The highest BCUT2D eigenvalue weighted by Gasteiger charge is 2.26. The summed E-state index contributed by atoms with van der Waals surface area (Å²) >= 11 is 0. The molecule has 176 valence electrons. The van der Waals surface area contributed by atoms with E-state index < -0.39 is 11.6 Å². The third-order valence-corrected chi connectivity index (χ3v) is 5.79. The Morgan fingerprint density at radius 2 is 1.82 bits per heavy atom. The Bertz CT molecular complexity index is 1080. The Morgan fingerprint density at radius 3 is 2.39 bits per heavy atom. The lowest BCUT2D eigenvalue weighted by atomic mass is 9.89. The molecule has 0 spiro atoms. The Kier molecular flexibility index (Phi) is 8.14. The number of likely N-dealkylation sites (tertiary alicyclic amines) is 1. The summed E-state index contributed by atoms with van der Waals surface area (Å²) in [5.74, 6) is -0.682. The molecule has 0 radical (unpaired) electrons. The van der Waals surface area contributed by atoms with E-state index in [1.165, 1.54) is 12.1 Å². The van der Waals surface area contributed by atoms with Crippen molar-refractivity contribution in [1.29, 1.82) is 0 Å². The van der Waals surface area contributed by atoms with Crippen LogP contribution in [-0.2, 0) is 4.79 Å². The fourth-order valence-electron chi connectivity index (χ4n) is 3.96. The number of imidazole rings is 1. The molecule has 6 nitrogen and oxygen atoms in total. The van der Waals surface area contributed by atoms with Crippen molar-refractivity contribution < 1.29 is 18.4 Å². The topological polar surface area (TPSA) is 80.7 Å². The monoisotopic (exact) mass is 456 g/mol. The highest BCUT2D eigenvalue weighted by molar-refractivity contribution is 6.00. The first-order valence-electron chi connectivity index (χ1n) is 11.2. The van der Waals surface area contributed by atoms with Crippen LogP contribution in [0.25, 0.3) is 5.52 Å². The number of hydrogen-bond acceptors (Lipinski definition) is 3. The van der Waals surface area contributed by atoms with Gasteiger partial charge in [0.1, 0.15) is 11.6 Å². The molecule has 0 atom stereocenters. The first-order valence-corrected chi connectivity index (χ1v) is 11.2. The van der Waals surface area contributed by atoms with Crippen molar-refractivity contribution in [3.8, 4) is 0 Å². The van der Waals surface area contributed by atoms with E-state index in [1.54, 1.807) is 23.5 Å². The van der Waals surface area contributed by atoms with Gasteiger partial charge in [-0.3, -0.25) is 9.59 Å². The maximum absolute atomic E-state index is 13.4.